The summed E-state index contributed by atoms with van der Waals surface area (Å²) < 4.78 is 5.32. The Morgan fingerprint density at radius 1 is 0.964 bits per heavy atom. The number of pyridine rings is 2. The SMILES string of the molecule is CCn1c(=O)n(-c2ccc(-c3cnn4ccccc34)cn2)c2c(C)cccc21. The summed E-state index contributed by atoms with van der Waals surface area (Å²) >= 11 is 0. The van der Waals surface area contributed by atoms with Gasteiger partial charge in [0.1, 0.15) is 5.82 Å². The van der Waals surface area contributed by atoms with Crippen LogP contribution in [0.2, 0.25) is 0 Å². The van der Waals surface area contributed by atoms with Gasteiger partial charge >= 0.3 is 5.69 Å². The van der Waals surface area contributed by atoms with Crippen molar-refractivity contribution in [2.75, 3.05) is 0 Å². The summed E-state index contributed by atoms with van der Waals surface area (Å²) in [5.41, 5.74) is 5.82. The van der Waals surface area contributed by atoms with Crippen LogP contribution in [-0.4, -0.2) is 23.7 Å². The minimum Gasteiger partial charge on any atom is -0.292 e. The summed E-state index contributed by atoms with van der Waals surface area (Å²) in [5, 5.41) is 4.39. The molecule has 5 rings (SSSR count). The molecule has 0 N–H and O–H groups in total. The zero-order valence-corrected chi connectivity index (χ0v) is 15.7. The highest BCUT2D eigenvalue weighted by atomic mass is 16.1. The van der Waals surface area contributed by atoms with E-state index in [9.17, 15) is 4.79 Å². The third-order valence-corrected chi connectivity index (χ3v) is 5.18. The van der Waals surface area contributed by atoms with E-state index >= 15 is 0 Å². The molecule has 4 heterocycles. The number of hydrogen-bond donors (Lipinski definition) is 0. The Balaban J connectivity index is 1.68. The van der Waals surface area contributed by atoms with Gasteiger partial charge < -0.3 is 0 Å². The van der Waals surface area contributed by atoms with E-state index in [0.717, 1.165) is 33.2 Å². The molecule has 0 unspecified atom stereocenters. The summed E-state index contributed by atoms with van der Waals surface area (Å²) in [6.45, 7) is 4.62. The van der Waals surface area contributed by atoms with Crippen LogP contribution in [-0.2, 0) is 6.54 Å². The van der Waals surface area contributed by atoms with Crippen LogP contribution in [0.1, 0.15) is 12.5 Å². The van der Waals surface area contributed by atoms with Gasteiger partial charge in [-0.25, -0.2) is 18.9 Å². The van der Waals surface area contributed by atoms with E-state index in [4.69, 9.17) is 0 Å². The molecule has 0 spiro atoms. The summed E-state index contributed by atoms with van der Waals surface area (Å²) in [5.74, 6) is 0.622. The summed E-state index contributed by atoms with van der Waals surface area (Å²) in [6.07, 6.45) is 5.56. The van der Waals surface area contributed by atoms with Crippen LogP contribution in [0.3, 0.4) is 0 Å². The fraction of sp³-hybridized carbons (Fsp3) is 0.136. The first-order chi connectivity index (χ1) is 13.7. The molecule has 4 aromatic heterocycles. The van der Waals surface area contributed by atoms with Gasteiger partial charge in [0.05, 0.1) is 22.7 Å². The van der Waals surface area contributed by atoms with Crippen molar-refractivity contribution < 1.29 is 0 Å². The lowest BCUT2D eigenvalue weighted by Crippen LogP contribution is -2.23. The summed E-state index contributed by atoms with van der Waals surface area (Å²) in [7, 11) is 0. The van der Waals surface area contributed by atoms with Crippen LogP contribution in [0.15, 0.2) is 71.9 Å². The fourth-order valence-corrected chi connectivity index (χ4v) is 3.82. The second-order valence-electron chi connectivity index (χ2n) is 6.80. The Labute approximate surface area is 161 Å². The number of imidazole rings is 1. The van der Waals surface area contributed by atoms with Gasteiger partial charge in [-0.05, 0) is 49.7 Å². The highest BCUT2D eigenvalue weighted by molar-refractivity contribution is 5.82. The first-order valence-corrected chi connectivity index (χ1v) is 9.29. The van der Waals surface area contributed by atoms with Crippen LogP contribution in [0.5, 0.6) is 0 Å². The molecule has 138 valence electrons. The first kappa shape index (κ1) is 16.5. The van der Waals surface area contributed by atoms with Crippen molar-refractivity contribution in [3.63, 3.8) is 0 Å². The van der Waals surface area contributed by atoms with E-state index in [1.165, 1.54) is 0 Å². The molecule has 0 aliphatic rings. The molecule has 0 aliphatic carbocycles. The van der Waals surface area contributed by atoms with E-state index in [0.29, 0.717) is 12.4 Å². The molecule has 0 radical (unpaired) electrons. The van der Waals surface area contributed by atoms with Crippen molar-refractivity contribution in [2.24, 2.45) is 0 Å². The second-order valence-corrected chi connectivity index (χ2v) is 6.80. The lowest BCUT2D eigenvalue weighted by molar-refractivity contribution is 0.730. The maximum Gasteiger partial charge on any atom is 0.334 e. The van der Waals surface area contributed by atoms with Crippen LogP contribution in [0, 0.1) is 6.92 Å². The van der Waals surface area contributed by atoms with Gasteiger partial charge in [-0.3, -0.25) is 4.57 Å². The van der Waals surface area contributed by atoms with Gasteiger partial charge in [0.15, 0.2) is 0 Å². The molecule has 6 nitrogen and oxygen atoms in total. The van der Waals surface area contributed by atoms with Crippen molar-refractivity contribution >= 4 is 16.6 Å². The summed E-state index contributed by atoms with van der Waals surface area (Å²) in [6, 6.07) is 15.8. The Hall–Kier alpha value is -3.67. The number of benzene rings is 1. The zero-order chi connectivity index (χ0) is 19.3. The molecule has 0 bridgehead atoms. The Morgan fingerprint density at radius 2 is 1.82 bits per heavy atom. The van der Waals surface area contributed by atoms with Gasteiger partial charge in [-0.2, -0.15) is 5.10 Å². The van der Waals surface area contributed by atoms with Gasteiger partial charge in [0.2, 0.25) is 0 Å². The first-order valence-electron chi connectivity index (χ1n) is 9.29. The topological polar surface area (TPSA) is 57.1 Å². The third kappa shape index (κ3) is 2.31. The van der Waals surface area contributed by atoms with E-state index in [1.807, 2.05) is 79.3 Å². The minimum absolute atomic E-state index is 0.0666. The Bertz CT molecular complexity index is 1370. The number of hydrogen-bond acceptors (Lipinski definition) is 3. The predicted octanol–water partition coefficient (Wildman–Crippen LogP) is 3.83. The molecule has 6 heteroatoms. The number of rotatable bonds is 3. The summed E-state index contributed by atoms with van der Waals surface area (Å²) in [4.78, 5) is 17.7. The maximum atomic E-state index is 13.0. The molecule has 1 aromatic carbocycles. The smallest absolute Gasteiger partial charge is 0.292 e. The molecule has 28 heavy (non-hydrogen) atoms. The molecule has 0 aliphatic heterocycles. The highest BCUT2D eigenvalue weighted by Gasteiger charge is 2.16. The zero-order valence-electron chi connectivity index (χ0n) is 15.7. The molecule has 5 aromatic rings. The number of nitrogens with zero attached hydrogens (tertiary/aromatic N) is 5. The Kier molecular flexibility index (Phi) is 3.65. The quantitative estimate of drug-likeness (QED) is 0.486. The average Bonchev–Trinajstić information content (AvgIpc) is 3.27. The van der Waals surface area contributed by atoms with Crippen molar-refractivity contribution in [2.45, 2.75) is 20.4 Å². The molecule has 0 atom stereocenters. The van der Waals surface area contributed by atoms with Crippen molar-refractivity contribution in [3.05, 3.63) is 83.2 Å². The van der Waals surface area contributed by atoms with Crippen molar-refractivity contribution in [3.8, 4) is 16.9 Å². The standard InChI is InChI=1S/C22H19N5O/c1-3-25-19-9-6-7-15(2)21(19)27(22(25)28)20-11-10-16(13-23-20)17-14-24-26-12-5-4-8-18(17)26/h4-14H,3H2,1-2H3. The van der Waals surface area contributed by atoms with Crippen LogP contribution in [0.4, 0.5) is 0 Å². The van der Waals surface area contributed by atoms with Crippen LogP contribution < -0.4 is 5.69 Å². The predicted molar refractivity (Wildman–Crippen MR) is 110 cm³/mol. The van der Waals surface area contributed by atoms with Crippen molar-refractivity contribution in [1.29, 1.82) is 0 Å². The maximum absolute atomic E-state index is 13.0. The Morgan fingerprint density at radius 3 is 2.61 bits per heavy atom. The average molecular weight is 369 g/mol. The van der Waals surface area contributed by atoms with Gasteiger partial charge in [0.25, 0.3) is 0 Å². The molecular formula is C22H19N5O. The van der Waals surface area contributed by atoms with E-state index < -0.39 is 0 Å². The molecule has 0 fully saturated rings. The third-order valence-electron chi connectivity index (χ3n) is 5.18. The molecule has 0 amide bonds. The van der Waals surface area contributed by atoms with Crippen molar-refractivity contribution in [1.82, 2.24) is 23.7 Å². The number of para-hydroxylation sites is 1. The largest absolute Gasteiger partial charge is 0.334 e. The van der Waals surface area contributed by atoms with E-state index in [-0.39, 0.29) is 5.69 Å². The molecule has 0 saturated carbocycles. The van der Waals surface area contributed by atoms with Gasteiger partial charge in [-0.1, -0.05) is 18.2 Å². The lowest BCUT2D eigenvalue weighted by atomic mass is 10.1. The monoisotopic (exact) mass is 369 g/mol. The highest BCUT2D eigenvalue weighted by Crippen LogP contribution is 2.25. The van der Waals surface area contributed by atoms with E-state index in [1.54, 1.807) is 15.3 Å². The minimum atomic E-state index is -0.0666. The van der Waals surface area contributed by atoms with Gasteiger partial charge in [-0.15, -0.1) is 0 Å². The molecular weight excluding hydrogens is 350 g/mol. The lowest BCUT2D eigenvalue weighted by Gasteiger charge is -2.06. The van der Waals surface area contributed by atoms with E-state index in [2.05, 4.69) is 10.1 Å². The fourth-order valence-electron chi connectivity index (χ4n) is 3.82. The number of aryl methyl sites for hydroxylation is 2. The van der Waals surface area contributed by atoms with Gasteiger partial charge in [0, 0.05) is 30.1 Å². The second kappa shape index (κ2) is 6.20. The van der Waals surface area contributed by atoms with Crippen LogP contribution >= 0.6 is 0 Å². The molecule has 0 saturated heterocycles. The number of fused-ring (bicyclic) bond motifs is 2. The normalized spacial score (nSPS) is 11.5. The number of aromatic nitrogens is 5. The van der Waals surface area contributed by atoms with Crippen LogP contribution in [0.25, 0.3) is 33.5 Å².